The van der Waals surface area contributed by atoms with Crippen molar-refractivity contribution in [2.45, 2.75) is 52.4 Å². The Morgan fingerprint density at radius 2 is 1.55 bits per heavy atom. The molecule has 1 fully saturated rings. The number of ether oxygens (including phenoxy) is 1. The van der Waals surface area contributed by atoms with E-state index in [1.165, 1.54) is 0 Å². The average molecular weight is 318 g/mol. The molecule has 0 aliphatic heterocycles. The van der Waals surface area contributed by atoms with Gasteiger partial charge in [0.15, 0.2) is 0 Å². The lowest BCUT2D eigenvalue weighted by molar-refractivity contribution is -0.152. The molecule has 0 aromatic rings. The van der Waals surface area contributed by atoms with E-state index >= 15 is 0 Å². The Morgan fingerprint density at radius 3 is 1.95 bits per heavy atom. The number of aliphatic carboxylic acids is 1. The van der Waals surface area contributed by atoms with Crippen LogP contribution < -0.4 is 0 Å². The number of carbonyl (C=O) groups is 2. The van der Waals surface area contributed by atoms with E-state index in [1.54, 1.807) is 0 Å². The zero-order chi connectivity index (χ0) is 17.0. The van der Waals surface area contributed by atoms with E-state index in [4.69, 9.17) is 20.1 Å². The number of rotatable bonds is 7. The van der Waals surface area contributed by atoms with Gasteiger partial charge in [0.2, 0.25) is 0 Å². The van der Waals surface area contributed by atoms with Crippen molar-refractivity contribution >= 4 is 11.9 Å². The van der Waals surface area contributed by atoms with Crippen LogP contribution in [0.15, 0.2) is 0 Å². The highest BCUT2D eigenvalue weighted by Gasteiger charge is 2.30. The molecule has 0 unspecified atom stereocenters. The van der Waals surface area contributed by atoms with Crippen molar-refractivity contribution in [1.29, 1.82) is 0 Å². The van der Waals surface area contributed by atoms with Crippen LogP contribution in [0.2, 0.25) is 0 Å². The molecule has 6 heteroatoms. The first kappa shape index (κ1) is 20.9. The Kier molecular flexibility index (Phi) is 11.8. The van der Waals surface area contributed by atoms with Crippen molar-refractivity contribution < 1.29 is 29.6 Å². The number of hydrogen-bond donors (Lipinski definition) is 3. The number of carboxylic acids is 1. The molecule has 3 N–H and O–H groups in total. The van der Waals surface area contributed by atoms with Crippen molar-refractivity contribution in [3.05, 3.63) is 0 Å². The van der Waals surface area contributed by atoms with Gasteiger partial charge in [0.25, 0.3) is 0 Å². The maximum absolute atomic E-state index is 11.7. The summed E-state index contributed by atoms with van der Waals surface area (Å²) in [7, 11) is 0. The third-order valence-electron chi connectivity index (χ3n) is 3.68. The van der Waals surface area contributed by atoms with Gasteiger partial charge in [-0.3, -0.25) is 9.59 Å². The van der Waals surface area contributed by atoms with E-state index in [0.717, 1.165) is 12.8 Å². The number of esters is 1. The van der Waals surface area contributed by atoms with Gasteiger partial charge in [0.05, 0.1) is 31.7 Å². The van der Waals surface area contributed by atoms with Gasteiger partial charge in [-0.1, -0.05) is 13.8 Å². The fraction of sp³-hybridized carbons (Fsp3) is 0.875. The molecule has 0 aromatic carbocycles. The van der Waals surface area contributed by atoms with Crippen molar-refractivity contribution in [2.75, 3.05) is 19.8 Å². The summed E-state index contributed by atoms with van der Waals surface area (Å²) < 4.78 is 5.24. The summed E-state index contributed by atoms with van der Waals surface area (Å²) in [5.74, 6) is -0.592. The van der Waals surface area contributed by atoms with Crippen LogP contribution in [0.5, 0.6) is 0 Å². The van der Waals surface area contributed by atoms with Gasteiger partial charge in [0, 0.05) is 0 Å². The minimum Gasteiger partial charge on any atom is -0.481 e. The molecular formula is C16H30O6. The first-order valence-electron chi connectivity index (χ1n) is 8.03. The second-order valence-electron chi connectivity index (χ2n) is 6.04. The first-order chi connectivity index (χ1) is 10.4. The monoisotopic (exact) mass is 318 g/mol. The zero-order valence-electron chi connectivity index (χ0n) is 13.7. The third kappa shape index (κ3) is 9.73. The minimum absolute atomic E-state index is 0.0837. The Morgan fingerprint density at radius 1 is 1.05 bits per heavy atom. The summed E-state index contributed by atoms with van der Waals surface area (Å²) in [4.78, 5) is 22.5. The van der Waals surface area contributed by atoms with Crippen molar-refractivity contribution in [3.63, 3.8) is 0 Å². The van der Waals surface area contributed by atoms with E-state index in [9.17, 15) is 9.59 Å². The molecule has 0 bridgehead atoms. The largest absolute Gasteiger partial charge is 0.481 e. The van der Waals surface area contributed by atoms with Crippen LogP contribution >= 0.6 is 0 Å². The topological polar surface area (TPSA) is 104 Å². The summed E-state index contributed by atoms with van der Waals surface area (Å²) in [5.41, 5.74) is 0. The summed E-state index contributed by atoms with van der Waals surface area (Å²) in [6.45, 7) is 4.54. The Labute approximate surface area is 132 Å². The quantitative estimate of drug-likeness (QED) is 0.489. The number of carboxylic acid groups (broad SMARTS) is 1. The van der Waals surface area contributed by atoms with E-state index < -0.39 is 5.97 Å². The molecule has 0 aromatic heterocycles. The van der Waals surface area contributed by atoms with Crippen LogP contribution in [0.25, 0.3) is 0 Å². The Balaban J connectivity index is 0.000000980. The molecule has 0 saturated heterocycles. The van der Waals surface area contributed by atoms with Crippen LogP contribution in [0, 0.1) is 17.8 Å². The number of hydrogen-bond acceptors (Lipinski definition) is 5. The van der Waals surface area contributed by atoms with Crippen molar-refractivity contribution in [3.8, 4) is 0 Å². The molecular weight excluding hydrogens is 288 g/mol. The van der Waals surface area contributed by atoms with Crippen LogP contribution in [0.1, 0.15) is 52.4 Å². The summed E-state index contributed by atoms with van der Waals surface area (Å²) in [5, 5.41) is 24.1. The molecule has 1 aliphatic rings. The molecule has 0 atom stereocenters. The van der Waals surface area contributed by atoms with Gasteiger partial charge >= 0.3 is 11.9 Å². The van der Waals surface area contributed by atoms with E-state index in [2.05, 4.69) is 13.8 Å². The highest BCUT2D eigenvalue weighted by Crippen LogP contribution is 2.29. The lowest BCUT2D eigenvalue weighted by Crippen LogP contribution is -2.27. The fourth-order valence-electron chi connectivity index (χ4n) is 2.36. The second-order valence-corrected chi connectivity index (χ2v) is 6.04. The highest BCUT2D eigenvalue weighted by molar-refractivity contribution is 5.74. The number of aliphatic hydroxyl groups excluding tert-OH is 2. The molecule has 22 heavy (non-hydrogen) atoms. The third-order valence-corrected chi connectivity index (χ3v) is 3.68. The van der Waals surface area contributed by atoms with Crippen LogP contribution in [0.4, 0.5) is 0 Å². The zero-order valence-corrected chi connectivity index (χ0v) is 13.7. The van der Waals surface area contributed by atoms with E-state index in [0.29, 0.717) is 38.2 Å². The molecule has 1 aliphatic carbocycles. The van der Waals surface area contributed by atoms with Gasteiger partial charge in [-0.2, -0.15) is 0 Å². The maximum atomic E-state index is 11.7. The summed E-state index contributed by atoms with van der Waals surface area (Å²) in [6.07, 6.45) is 4.48. The Hall–Kier alpha value is -1.14. The van der Waals surface area contributed by atoms with Crippen LogP contribution in [-0.4, -0.2) is 47.1 Å². The van der Waals surface area contributed by atoms with Crippen molar-refractivity contribution in [1.82, 2.24) is 0 Å². The molecule has 1 saturated carbocycles. The first-order valence-corrected chi connectivity index (χ1v) is 8.03. The molecule has 0 amide bonds. The number of carbonyl (C=O) groups excluding carboxylic acids is 1. The normalized spacial score (nSPS) is 21.0. The average Bonchev–Trinajstić information content (AvgIpc) is 2.51. The van der Waals surface area contributed by atoms with E-state index in [1.807, 2.05) is 0 Å². The van der Waals surface area contributed by atoms with Gasteiger partial charge in [-0.25, -0.2) is 0 Å². The smallest absolute Gasteiger partial charge is 0.308 e. The molecule has 1 rings (SSSR count). The fourth-order valence-corrected chi connectivity index (χ4v) is 2.36. The second kappa shape index (κ2) is 12.4. The van der Waals surface area contributed by atoms with Gasteiger partial charge in [0.1, 0.15) is 0 Å². The van der Waals surface area contributed by atoms with Gasteiger partial charge in [-0.15, -0.1) is 0 Å². The summed E-state index contributed by atoms with van der Waals surface area (Å²) in [6, 6.07) is 0. The Bertz CT molecular complexity index is 306. The van der Waals surface area contributed by atoms with Crippen molar-refractivity contribution in [2.24, 2.45) is 17.8 Å². The lowest BCUT2D eigenvalue weighted by atomic mass is 9.82. The highest BCUT2D eigenvalue weighted by atomic mass is 16.5. The SMILES string of the molecule is CC(C)CCCOC(=O)C1CCC(C(=O)O)CC1.OCCO. The maximum Gasteiger partial charge on any atom is 0.308 e. The molecule has 0 heterocycles. The van der Waals surface area contributed by atoms with Crippen LogP contribution in [0.3, 0.4) is 0 Å². The molecule has 130 valence electrons. The van der Waals surface area contributed by atoms with Crippen LogP contribution in [-0.2, 0) is 14.3 Å². The predicted octanol–water partition coefficient (Wildman–Crippen LogP) is 1.83. The van der Waals surface area contributed by atoms with Gasteiger partial charge in [-0.05, 0) is 44.4 Å². The van der Waals surface area contributed by atoms with Gasteiger partial charge < -0.3 is 20.1 Å². The minimum atomic E-state index is -0.737. The van der Waals surface area contributed by atoms with E-state index in [-0.39, 0.29) is 31.0 Å². The molecule has 0 spiro atoms. The standard InChI is InChI=1S/C14H24O4.C2H6O2/c1-10(2)4-3-9-18-14(17)12-7-5-11(6-8-12)13(15)16;3-1-2-4/h10-12H,3-9H2,1-2H3,(H,15,16);3-4H,1-2H2. The molecule has 6 nitrogen and oxygen atoms in total. The number of aliphatic hydroxyl groups is 2. The molecule has 0 radical (unpaired) electrons. The lowest BCUT2D eigenvalue weighted by Gasteiger charge is -2.24. The predicted molar refractivity (Wildman–Crippen MR) is 82.3 cm³/mol. The summed E-state index contributed by atoms with van der Waals surface area (Å²) >= 11 is 0.